The summed E-state index contributed by atoms with van der Waals surface area (Å²) >= 11 is 6.25. The Morgan fingerprint density at radius 3 is 1.19 bits per heavy atom. The molecule has 3 amide bonds. The van der Waals surface area contributed by atoms with Crippen LogP contribution in [0.15, 0.2) is 158 Å². The van der Waals surface area contributed by atoms with Crippen molar-refractivity contribution in [1.82, 2.24) is 78.4 Å². The van der Waals surface area contributed by atoms with Crippen molar-refractivity contribution in [2.24, 2.45) is 0 Å². The van der Waals surface area contributed by atoms with Gasteiger partial charge < -0.3 is 30.7 Å². The Balaban J connectivity index is 0.000000156. The Hall–Kier alpha value is -12.5. The zero-order valence-corrected chi connectivity index (χ0v) is 66.9. The van der Waals surface area contributed by atoms with Crippen LogP contribution in [-0.4, -0.2) is 196 Å². The molecule has 0 unspecified atom stereocenters. The SMILES string of the molecule is Cc1ccc(C(=O)Nc2ccc(CN3CCN(C)CC3)c(C(F)(F)F)c2)cc1C#Cc1nnc2cc(F)ccn12.Cc1ccc(C(=O)Nc2ccc(CN3CCN(C)CC3)c(C(F)(F)F)c2)cc1C#Cc1nnc2cccc(Cl)n12.Cc1ccc2nnc(C#Cc3cc(C(=O)Nc4ccc(CN5CCN(C)CC5)c(C(F)(F)F)c4)ccc3C)n2n1. The second-order valence-corrected chi connectivity index (χ2v) is 29.9. The molecule has 120 heavy (non-hydrogen) atoms. The number of rotatable bonds is 12. The average molecular weight is 1670 g/mol. The molecular formula is C87H80ClF10N19O3. The first-order valence-electron chi connectivity index (χ1n) is 38.1. The zero-order chi connectivity index (χ0) is 85.3. The van der Waals surface area contributed by atoms with Gasteiger partial charge in [0.25, 0.3) is 17.7 Å². The van der Waals surface area contributed by atoms with E-state index in [9.17, 15) is 58.3 Å². The molecular weight excluding hydrogens is 1580 g/mol. The predicted octanol–water partition coefficient (Wildman–Crippen LogP) is 13.9. The lowest BCUT2D eigenvalue weighted by Crippen LogP contribution is -2.44. The summed E-state index contributed by atoms with van der Waals surface area (Å²) in [5, 5.41) is 36.7. The summed E-state index contributed by atoms with van der Waals surface area (Å²) in [6, 6.07) is 37.9. The minimum Gasteiger partial charge on any atom is -0.322 e. The van der Waals surface area contributed by atoms with Crippen LogP contribution < -0.4 is 16.0 Å². The van der Waals surface area contributed by atoms with Crippen molar-refractivity contribution in [3.05, 3.63) is 275 Å². The average Bonchev–Trinajstić information content (AvgIpc) is 1.72. The molecule has 9 heterocycles. The summed E-state index contributed by atoms with van der Waals surface area (Å²) in [5.74, 6) is 16.6. The number of carbonyl (C=O) groups is 3. The molecule has 0 atom stereocenters. The van der Waals surface area contributed by atoms with Crippen LogP contribution in [0.2, 0.25) is 5.15 Å². The van der Waals surface area contributed by atoms with Crippen molar-refractivity contribution >= 4 is 63.3 Å². The smallest absolute Gasteiger partial charge is 0.322 e. The number of hydrogen-bond donors (Lipinski definition) is 3. The van der Waals surface area contributed by atoms with Crippen molar-refractivity contribution in [2.75, 3.05) is 116 Å². The first kappa shape index (κ1) is 85.4. The maximum Gasteiger partial charge on any atom is 0.416 e. The summed E-state index contributed by atoms with van der Waals surface area (Å²) in [5.41, 5.74) is 5.55. The van der Waals surface area contributed by atoms with E-state index in [2.05, 4.69) is 102 Å². The molecule has 0 radical (unpaired) electrons. The van der Waals surface area contributed by atoms with Gasteiger partial charge in [-0.2, -0.15) is 49.1 Å². The van der Waals surface area contributed by atoms with Crippen LogP contribution in [0, 0.1) is 69.0 Å². The van der Waals surface area contributed by atoms with Gasteiger partial charge in [-0.3, -0.25) is 37.9 Å². The zero-order valence-electron chi connectivity index (χ0n) is 66.2. The van der Waals surface area contributed by atoms with E-state index in [0.717, 1.165) is 79.9 Å². The third-order valence-electron chi connectivity index (χ3n) is 20.6. The molecule has 6 aromatic carbocycles. The molecule has 3 N–H and O–H groups in total. The van der Waals surface area contributed by atoms with E-state index in [1.807, 2.05) is 69.6 Å². The van der Waals surface area contributed by atoms with Gasteiger partial charge in [-0.1, -0.05) is 71.8 Å². The molecule has 15 rings (SSSR count). The predicted molar refractivity (Wildman–Crippen MR) is 434 cm³/mol. The molecule has 12 aromatic rings. The number of pyridine rings is 2. The van der Waals surface area contributed by atoms with Gasteiger partial charge in [0.15, 0.2) is 16.9 Å². The molecule has 0 aliphatic carbocycles. The molecule has 0 bridgehead atoms. The van der Waals surface area contributed by atoms with Gasteiger partial charge in [0.05, 0.1) is 22.4 Å². The third-order valence-corrected chi connectivity index (χ3v) is 20.9. The second kappa shape index (κ2) is 36.8. The summed E-state index contributed by atoms with van der Waals surface area (Å²) < 4.78 is 144. The fraction of sp³-hybridized carbons (Fsp3) is 0.287. The maximum atomic E-state index is 14.0. The molecule has 6 aromatic heterocycles. The Morgan fingerprint density at radius 1 is 0.400 bits per heavy atom. The fourth-order valence-corrected chi connectivity index (χ4v) is 13.7. The summed E-state index contributed by atoms with van der Waals surface area (Å²) in [6.07, 6.45) is -12.2. The van der Waals surface area contributed by atoms with E-state index < -0.39 is 58.8 Å². The van der Waals surface area contributed by atoms with Gasteiger partial charge in [0, 0.05) is 161 Å². The second-order valence-electron chi connectivity index (χ2n) is 29.5. The van der Waals surface area contributed by atoms with Crippen LogP contribution in [-0.2, 0) is 38.2 Å². The monoisotopic (exact) mass is 1660 g/mol. The number of hydrogen-bond acceptors (Lipinski definition) is 16. The molecule has 22 nitrogen and oxygen atoms in total. The maximum absolute atomic E-state index is 14.0. The molecule has 33 heteroatoms. The largest absolute Gasteiger partial charge is 0.416 e. The van der Waals surface area contributed by atoms with Crippen LogP contribution >= 0.6 is 11.6 Å². The van der Waals surface area contributed by atoms with Gasteiger partial charge in [-0.05, 0) is 203 Å². The third kappa shape index (κ3) is 21.5. The number of benzene rings is 6. The van der Waals surface area contributed by atoms with Gasteiger partial charge in [-0.25, -0.2) is 4.39 Å². The minimum absolute atomic E-state index is 0.0508. The number of likely N-dealkylation sites (N-methyl/N-ethyl adjacent to an activating group) is 3. The highest BCUT2D eigenvalue weighted by molar-refractivity contribution is 6.29. The van der Waals surface area contributed by atoms with Crippen molar-refractivity contribution < 1.29 is 58.3 Å². The Kier molecular flexibility index (Phi) is 26.2. The highest BCUT2D eigenvalue weighted by Crippen LogP contribution is 2.38. The highest BCUT2D eigenvalue weighted by Gasteiger charge is 2.37. The van der Waals surface area contributed by atoms with E-state index in [1.54, 1.807) is 87.8 Å². The number of piperazine rings is 3. The normalized spacial score (nSPS) is 14.7. The van der Waals surface area contributed by atoms with Crippen LogP contribution in [0.3, 0.4) is 0 Å². The number of carbonyl (C=O) groups excluding carboxylic acids is 3. The quantitative estimate of drug-likeness (QED) is 0.0590. The van der Waals surface area contributed by atoms with E-state index in [1.165, 1.54) is 59.1 Å². The van der Waals surface area contributed by atoms with E-state index in [0.29, 0.717) is 95.5 Å². The number of fused-ring (bicyclic) bond motifs is 3. The van der Waals surface area contributed by atoms with Crippen molar-refractivity contribution in [3.63, 3.8) is 0 Å². The lowest BCUT2D eigenvalue weighted by molar-refractivity contribution is -0.139. The molecule has 0 spiro atoms. The summed E-state index contributed by atoms with van der Waals surface area (Å²) in [6.45, 7) is 17.0. The number of nitrogens with one attached hydrogen (secondary N) is 3. The molecule has 0 saturated carbocycles. The number of halogens is 11. The Morgan fingerprint density at radius 2 is 0.775 bits per heavy atom. The number of aromatic nitrogens is 10. The van der Waals surface area contributed by atoms with E-state index in [4.69, 9.17) is 11.6 Å². The molecule has 3 aliphatic rings. The fourth-order valence-electron chi connectivity index (χ4n) is 13.5. The highest BCUT2D eigenvalue weighted by atomic mass is 35.5. The first-order valence-corrected chi connectivity index (χ1v) is 38.4. The van der Waals surface area contributed by atoms with Crippen molar-refractivity contribution in [3.8, 4) is 35.5 Å². The summed E-state index contributed by atoms with van der Waals surface area (Å²) in [7, 11) is 5.98. The van der Waals surface area contributed by atoms with Gasteiger partial charge in [0.1, 0.15) is 11.0 Å². The van der Waals surface area contributed by atoms with Crippen LogP contribution in [0.25, 0.3) is 16.9 Å². The molecule has 618 valence electrons. The van der Waals surface area contributed by atoms with Crippen LogP contribution in [0.4, 0.5) is 61.0 Å². The molecule has 3 fully saturated rings. The van der Waals surface area contributed by atoms with Crippen molar-refractivity contribution in [2.45, 2.75) is 65.9 Å². The number of amides is 3. The summed E-state index contributed by atoms with van der Waals surface area (Å²) in [4.78, 5) is 51.5. The first-order chi connectivity index (χ1) is 57.2. The van der Waals surface area contributed by atoms with Crippen LogP contribution in [0.1, 0.15) is 121 Å². The van der Waals surface area contributed by atoms with E-state index >= 15 is 0 Å². The lowest BCUT2D eigenvalue weighted by atomic mass is 10.0. The number of anilines is 3. The Bertz CT molecular complexity index is 6040. The molecule has 3 saturated heterocycles. The topological polar surface area (TPSA) is 210 Å². The van der Waals surface area contributed by atoms with Crippen molar-refractivity contribution in [1.29, 1.82) is 0 Å². The van der Waals surface area contributed by atoms with Crippen LogP contribution in [0.5, 0.6) is 0 Å². The Labute approximate surface area is 689 Å². The van der Waals surface area contributed by atoms with Gasteiger partial charge in [-0.15, -0.1) is 30.6 Å². The van der Waals surface area contributed by atoms with E-state index in [-0.39, 0.29) is 70.1 Å². The van der Waals surface area contributed by atoms with Gasteiger partial charge in [0.2, 0.25) is 17.5 Å². The number of nitrogens with zero attached hydrogens (tertiary/aromatic N) is 16. The van der Waals surface area contributed by atoms with Gasteiger partial charge >= 0.3 is 18.5 Å². The standard InChI is InChI=1S/C29H26ClF3N6O.C29H26F4N6O.C29H28F3N7O/c1-19-6-7-21(16-20(19)9-11-27-36-35-26-5-3-4-25(30)39(26)27)28(40)34-23-10-8-22(24(17-23)29(31,32)33)18-38-14-12-37(2)13-15-38;1-19-3-4-21(15-20(19)6-8-26-35-36-27-16-23(30)9-10-39(26)27)28(40)34-24-7-5-22(25(17-24)29(31,32)33)18-38-13-11-37(2)12-14-38;1-19-4-6-22(16-21(19)8-11-27-35-34-26-10-5-20(2)36-39(26)27)28(40)33-24-9-7-23(25(17-24)29(30,31)32)18-38-14-12-37(3)13-15-38/h3-8,10,16-17H,12-15,18H2,1-2H3,(H,34,40);3-5,7,9-10,15-17H,11-14,18H2,1-2H3,(H,34,40);4-7,9-10,16-17H,12-15,18H2,1-3H3,(H,33,40). The number of aryl methyl sites for hydroxylation is 4. The lowest BCUT2D eigenvalue weighted by Gasteiger charge is -2.33. The number of alkyl halides is 9. The molecule has 3 aliphatic heterocycles. The minimum atomic E-state index is -4.56.